The Morgan fingerprint density at radius 3 is 2.50 bits per heavy atom. The maximum Gasteiger partial charge on any atom is 1.00 e. The van der Waals surface area contributed by atoms with Crippen molar-refractivity contribution in [3.8, 4) is 22.4 Å². The van der Waals surface area contributed by atoms with Crippen LogP contribution in [0.15, 0.2) is 60.7 Å². The van der Waals surface area contributed by atoms with E-state index in [1.54, 1.807) is 18.2 Å². The number of fused-ring (bicyclic) bond motifs is 4. The van der Waals surface area contributed by atoms with Gasteiger partial charge in [-0.3, -0.25) is 0 Å². The molecule has 0 unspecified atom stereocenters. The second-order valence-corrected chi connectivity index (χ2v) is 7.11. The number of hydrogen-bond donors (Lipinski definition) is 0. The Bertz CT molecular complexity index is 1320. The number of pyridine rings is 1. The summed E-state index contributed by atoms with van der Waals surface area (Å²) in [7, 11) is 0. The number of aryl methyl sites for hydroxylation is 1. The summed E-state index contributed by atoms with van der Waals surface area (Å²) < 4.78 is 27.9. The SMILES string of the molecule is O=C([O-])c1c2c(nc3ccc(F)cc13)-c1ccc(-c3ccccc3F)cc1CC2.[Na+]. The molecule has 0 radical (unpaired) electrons. The van der Waals surface area contributed by atoms with Crippen molar-refractivity contribution in [3.05, 3.63) is 89.0 Å². The van der Waals surface area contributed by atoms with Gasteiger partial charge in [-0.05, 0) is 53.8 Å². The van der Waals surface area contributed by atoms with Crippen LogP contribution in [0.5, 0.6) is 0 Å². The predicted octanol–water partition coefficient (Wildman–Crippen LogP) is 1.31. The number of hydrogen-bond acceptors (Lipinski definition) is 3. The molecule has 0 fully saturated rings. The fourth-order valence-corrected chi connectivity index (χ4v) is 4.13. The van der Waals surface area contributed by atoms with Gasteiger partial charge >= 0.3 is 29.6 Å². The summed E-state index contributed by atoms with van der Waals surface area (Å²) in [5.41, 5.74) is 4.55. The van der Waals surface area contributed by atoms with E-state index in [4.69, 9.17) is 0 Å². The molecule has 3 aromatic carbocycles. The number of aromatic carboxylic acids is 1. The molecule has 3 nitrogen and oxygen atoms in total. The predicted molar refractivity (Wildman–Crippen MR) is 104 cm³/mol. The van der Waals surface area contributed by atoms with Crippen molar-refractivity contribution in [2.45, 2.75) is 12.8 Å². The van der Waals surface area contributed by atoms with Crippen LogP contribution >= 0.6 is 0 Å². The molecule has 5 rings (SSSR count). The Labute approximate surface area is 193 Å². The minimum atomic E-state index is -1.34. The number of halogens is 2. The molecule has 0 saturated heterocycles. The summed E-state index contributed by atoms with van der Waals surface area (Å²) in [5, 5.41) is 12.1. The van der Waals surface area contributed by atoms with E-state index in [1.807, 2.05) is 18.2 Å². The summed E-state index contributed by atoms with van der Waals surface area (Å²) in [4.78, 5) is 16.5. The van der Waals surface area contributed by atoms with Gasteiger partial charge in [0.15, 0.2) is 0 Å². The third-order valence-electron chi connectivity index (χ3n) is 5.44. The van der Waals surface area contributed by atoms with E-state index in [9.17, 15) is 18.7 Å². The zero-order valence-corrected chi connectivity index (χ0v) is 18.2. The molecule has 4 aromatic rings. The van der Waals surface area contributed by atoms with Gasteiger partial charge in [-0.1, -0.05) is 36.4 Å². The van der Waals surface area contributed by atoms with Crippen molar-refractivity contribution >= 4 is 16.9 Å². The first-order chi connectivity index (χ1) is 14.0. The van der Waals surface area contributed by atoms with E-state index < -0.39 is 11.8 Å². The van der Waals surface area contributed by atoms with Gasteiger partial charge in [0, 0.05) is 22.1 Å². The molecule has 6 heteroatoms. The van der Waals surface area contributed by atoms with Gasteiger partial charge in [-0.2, -0.15) is 0 Å². The van der Waals surface area contributed by atoms with Crippen LogP contribution in [0.1, 0.15) is 21.5 Å². The van der Waals surface area contributed by atoms with E-state index in [0.29, 0.717) is 35.2 Å². The summed E-state index contributed by atoms with van der Waals surface area (Å²) in [6, 6.07) is 16.1. The molecule has 0 bridgehead atoms. The zero-order valence-electron chi connectivity index (χ0n) is 16.2. The van der Waals surface area contributed by atoms with Crippen LogP contribution in [0, 0.1) is 11.6 Å². The molecular formula is C24H14F2NNaO2. The van der Waals surface area contributed by atoms with Crippen molar-refractivity contribution in [2.75, 3.05) is 0 Å². The van der Waals surface area contributed by atoms with E-state index in [0.717, 1.165) is 16.7 Å². The summed E-state index contributed by atoms with van der Waals surface area (Å²) in [5.74, 6) is -2.16. The Kier molecular flexibility index (Phi) is 5.45. The summed E-state index contributed by atoms with van der Waals surface area (Å²) in [6.45, 7) is 0. The maximum atomic E-state index is 14.2. The second kappa shape index (κ2) is 7.91. The molecule has 0 N–H and O–H groups in total. The maximum absolute atomic E-state index is 14.2. The molecule has 0 aliphatic heterocycles. The molecule has 0 saturated carbocycles. The number of benzene rings is 3. The van der Waals surface area contributed by atoms with Crippen molar-refractivity contribution < 1.29 is 48.2 Å². The Morgan fingerprint density at radius 2 is 1.73 bits per heavy atom. The molecule has 142 valence electrons. The van der Waals surface area contributed by atoms with Gasteiger partial charge in [0.05, 0.1) is 17.2 Å². The number of carbonyl (C=O) groups excluding carboxylic acids is 1. The van der Waals surface area contributed by atoms with Gasteiger partial charge in [-0.25, -0.2) is 13.8 Å². The number of nitrogens with zero attached hydrogens (tertiary/aromatic N) is 1. The van der Waals surface area contributed by atoms with E-state index in [2.05, 4.69) is 4.98 Å². The normalized spacial score (nSPS) is 12.1. The fourth-order valence-electron chi connectivity index (χ4n) is 4.13. The average molecular weight is 409 g/mol. The van der Waals surface area contributed by atoms with Crippen LogP contribution in [0.25, 0.3) is 33.3 Å². The van der Waals surface area contributed by atoms with Crippen molar-refractivity contribution in [1.29, 1.82) is 0 Å². The number of rotatable bonds is 2. The first-order valence-electron chi connectivity index (χ1n) is 9.24. The molecule has 0 spiro atoms. The van der Waals surface area contributed by atoms with Gasteiger partial charge in [0.25, 0.3) is 0 Å². The van der Waals surface area contributed by atoms with Crippen LogP contribution in [-0.4, -0.2) is 11.0 Å². The number of carboxylic acid groups (broad SMARTS) is 1. The first kappa shape index (κ1) is 20.7. The standard InChI is InChI=1S/C24H15F2NO2.Na/c25-15-7-10-21-19(12-15)22(24(28)29)18-9-6-14-11-13(5-8-17(14)23(18)27-21)16-3-1-2-4-20(16)26;/h1-5,7-8,10-12H,6,9H2,(H,28,29);/q;+1/p-1. The minimum Gasteiger partial charge on any atom is -0.545 e. The molecule has 1 aromatic heterocycles. The largest absolute Gasteiger partial charge is 1.00 e. The third kappa shape index (κ3) is 3.33. The molecule has 1 aliphatic rings. The minimum absolute atomic E-state index is 0. The number of carboxylic acids is 1. The second-order valence-electron chi connectivity index (χ2n) is 7.11. The van der Waals surface area contributed by atoms with Crippen LogP contribution in [0.2, 0.25) is 0 Å². The zero-order chi connectivity index (χ0) is 20.1. The van der Waals surface area contributed by atoms with Gasteiger partial charge in [0.1, 0.15) is 11.6 Å². The summed E-state index contributed by atoms with van der Waals surface area (Å²) >= 11 is 0. The van der Waals surface area contributed by atoms with Crippen LogP contribution in [0.4, 0.5) is 8.78 Å². The average Bonchev–Trinajstić information content (AvgIpc) is 2.71. The Hall–Kier alpha value is -2.60. The smallest absolute Gasteiger partial charge is 0.545 e. The van der Waals surface area contributed by atoms with Crippen LogP contribution in [0.3, 0.4) is 0 Å². The van der Waals surface area contributed by atoms with Crippen molar-refractivity contribution in [1.82, 2.24) is 4.98 Å². The molecule has 0 amide bonds. The van der Waals surface area contributed by atoms with Crippen LogP contribution < -0.4 is 34.7 Å². The Balaban J connectivity index is 0.00000218. The quantitative estimate of drug-likeness (QED) is 0.470. The topological polar surface area (TPSA) is 53.0 Å². The molecule has 30 heavy (non-hydrogen) atoms. The third-order valence-corrected chi connectivity index (χ3v) is 5.44. The summed E-state index contributed by atoms with van der Waals surface area (Å²) in [6.07, 6.45) is 1.01. The molecular weight excluding hydrogens is 395 g/mol. The Morgan fingerprint density at radius 1 is 0.933 bits per heavy atom. The number of aromatic nitrogens is 1. The van der Waals surface area contributed by atoms with Crippen molar-refractivity contribution in [2.24, 2.45) is 0 Å². The van der Waals surface area contributed by atoms with Crippen LogP contribution in [-0.2, 0) is 12.8 Å². The van der Waals surface area contributed by atoms with Gasteiger partial charge in [0.2, 0.25) is 0 Å². The molecule has 1 aliphatic carbocycles. The van der Waals surface area contributed by atoms with E-state index >= 15 is 0 Å². The van der Waals surface area contributed by atoms with E-state index in [1.165, 1.54) is 24.3 Å². The van der Waals surface area contributed by atoms with Gasteiger partial charge < -0.3 is 9.90 Å². The monoisotopic (exact) mass is 409 g/mol. The molecule has 0 atom stereocenters. The van der Waals surface area contributed by atoms with Gasteiger partial charge in [-0.15, -0.1) is 0 Å². The molecule has 1 heterocycles. The first-order valence-corrected chi connectivity index (χ1v) is 9.24. The number of carbonyl (C=O) groups is 1. The van der Waals surface area contributed by atoms with Crippen molar-refractivity contribution in [3.63, 3.8) is 0 Å². The van der Waals surface area contributed by atoms with E-state index in [-0.39, 0.29) is 46.3 Å². The fraction of sp³-hybridized carbons (Fsp3) is 0.0833.